The van der Waals surface area contributed by atoms with Crippen molar-refractivity contribution in [1.29, 1.82) is 0 Å². The Labute approximate surface area is 123 Å². The molecule has 1 unspecified atom stereocenters. The van der Waals surface area contributed by atoms with E-state index in [2.05, 4.69) is 15.9 Å². The van der Waals surface area contributed by atoms with E-state index in [9.17, 15) is 4.79 Å². The maximum Gasteiger partial charge on any atom is 0.324 e. The monoisotopic (exact) mass is 327 g/mol. The Morgan fingerprint density at radius 2 is 1.63 bits per heavy atom. The first-order valence-corrected chi connectivity index (χ1v) is 7.08. The van der Waals surface area contributed by atoms with Gasteiger partial charge in [0.1, 0.15) is 11.6 Å². The number of rotatable bonds is 3. The van der Waals surface area contributed by atoms with Gasteiger partial charge in [0, 0.05) is 9.89 Å². The smallest absolute Gasteiger partial charge is 0.324 e. The molecule has 0 aromatic heterocycles. The van der Waals surface area contributed by atoms with E-state index in [1.165, 1.54) is 0 Å². The number of esters is 1. The quantitative estimate of drug-likeness (QED) is 0.865. The number of benzene rings is 1. The number of hydrogen-bond acceptors (Lipinski definition) is 3. The van der Waals surface area contributed by atoms with Gasteiger partial charge in [0.2, 0.25) is 0 Å². The van der Waals surface area contributed by atoms with E-state index in [1.54, 1.807) is 0 Å². The van der Waals surface area contributed by atoms with Crippen molar-refractivity contribution in [1.82, 2.24) is 0 Å². The van der Waals surface area contributed by atoms with Gasteiger partial charge >= 0.3 is 5.97 Å². The molecule has 0 amide bonds. The zero-order chi connectivity index (χ0) is 14.8. The molecule has 0 aliphatic heterocycles. The molecule has 1 aromatic carbocycles. The summed E-state index contributed by atoms with van der Waals surface area (Å²) >= 11 is 3.40. The molecule has 0 heterocycles. The Morgan fingerprint density at radius 3 is 2.05 bits per heavy atom. The van der Waals surface area contributed by atoms with Crippen LogP contribution in [0.15, 0.2) is 28.7 Å². The van der Waals surface area contributed by atoms with Gasteiger partial charge in [0.25, 0.3) is 0 Å². The van der Waals surface area contributed by atoms with Gasteiger partial charge in [-0.1, -0.05) is 41.9 Å². The summed E-state index contributed by atoms with van der Waals surface area (Å²) in [4.78, 5) is 12.1. The topological polar surface area (TPSA) is 52.3 Å². The second-order valence-corrected chi connectivity index (χ2v) is 7.16. The third-order valence-electron chi connectivity index (χ3n) is 3.03. The van der Waals surface area contributed by atoms with Crippen LogP contribution in [0.5, 0.6) is 0 Å². The lowest BCUT2D eigenvalue weighted by molar-refractivity contribution is -0.158. The molecule has 1 atom stereocenters. The van der Waals surface area contributed by atoms with E-state index in [-0.39, 0.29) is 5.97 Å². The van der Waals surface area contributed by atoms with Gasteiger partial charge in [-0.25, -0.2) is 0 Å². The Hall–Kier alpha value is -0.870. The Morgan fingerprint density at radius 1 is 1.16 bits per heavy atom. The zero-order valence-electron chi connectivity index (χ0n) is 12.2. The minimum Gasteiger partial charge on any atom is -0.459 e. The third-order valence-corrected chi connectivity index (χ3v) is 3.56. The lowest BCUT2D eigenvalue weighted by Crippen LogP contribution is -2.49. The van der Waals surface area contributed by atoms with Gasteiger partial charge in [-0.2, -0.15) is 0 Å². The van der Waals surface area contributed by atoms with Crippen molar-refractivity contribution in [2.24, 2.45) is 5.73 Å². The van der Waals surface area contributed by atoms with Crippen LogP contribution in [0.25, 0.3) is 0 Å². The summed E-state index contributed by atoms with van der Waals surface area (Å²) in [6.07, 6.45) is 0. The zero-order valence-corrected chi connectivity index (χ0v) is 13.7. The average molecular weight is 328 g/mol. The molecule has 1 aromatic rings. The second kappa shape index (κ2) is 5.63. The number of carbonyl (C=O) groups excluding carboxylic acids is 1. The van der Waals surface area contributed by atoms with Crippen LogP contribution in [-0.4, -0.2) is 17.6 Å². The van der Waals surface area contributed by atoms with Crippen molar-refractivity contribution < 1.29 is 9.53 Å². The normalized spacial score (nSPS) is 14.1. The van der Waals surface area contributed by atoms with Crippen LogP contribution in [0.4, 0.5) is 0 Å². The Balaban J connectivity index is 2.93. The van der Waals surface area contributed by atoms with Crippen LogP contribution in [0.1, 0.15) is 40.2 Å². The summed E-state index contributed by atoms with van der Waals surface area (Å²) in [6.45, 7) is 9.41. The second-order valence-electron chi connectivity index (χ2n) is 6.24. The molecule has 4 heteroatoms. The van der Waals surface area contributed by atoms with E-state index in [0.717, 1.165) is 10.0 Å². The van der Waals surface area contributed by atoms with Gasteiger partial charge in [-0.3, -0.25) is 4.79 Å². The fraction of sp³-hybridized carbons (Fsp3) is 0.533. The van der Waals surface area contributed by atoms with Gasteiger partial charge in [0.15, 0.2) is 0 Å². The van der Waals surface area contributed by atoms with Crippen molar-refractivity contribution >= 4 is 21.9 Å². The van der Waals surface area contributed by atoms with E-state index in [4.69, 9.17) is 10.5 Å². The van der Waals surface area contributed by atoms with Crippen molar-refractivity contribution in [3.8, 4) is 0 Å². The van der Waals surface area contributed by atoms with Crippen LogP contribution in [0, 0.1) is 0 Å². The highest BCUT2D eigenvalue weighted by Crippen LogP contribution is 2.28. The summed E-state index contributed by atoms with van der Waals surface area (Å²) < 4.78 is 6.36. The summed E-state index contributed by atoms with van der Waals surface area (Å²) in [7, 11) is 0. The summed E-state index contributed by atoms with van der Waals surface area (Å²) in [6, 6.07) is 7.12. The van der Waals surface area contributed by atoms with Crippen molar-refractivity contribution in [3.05, 3.63) is 34.3 Å². The molecule has 0 aliphatic rings. The summed E-state index contributed by atoms with van der Waals surface area (Å²) in [5, 5.41) is 0. The highest BCUT2D eigenvalue weighted by molar-refractivity contribution is 9.10. The number of ether oxygens (including phenoxy) is 1. The standard InChI is InChI=1S/C15H22BrNO2/c1-14(2,3)19-13(18)12(17)15(4,5)10-6-8-11(16)9-7-10/h6-9,12H,17H2,1-5H3. The molecular weight excluding hydrogens is 306 g/mol. The lowest BCUT2D eigenvalue weighted by Gasteiger charge is -2.32. The SMILES string of the molecule is CC(C)(C)OC(=O)C(N)C(C)(C)c1ccc(Br)cc1. The maximum atomic E-state index is 12.1. The molecule has 1 rings (SSSR count). The molecular formula is C15H22BrNO2. The molecule has 0 aliphatic carbocycles. The number of carbonyl (C=O) groups is 1. The van der Waals surface area contributed by atoms with Crippen molar-refractivity contribution in [3.63, 3.8) is 0 Å². The Bertz CT molecular complexity index is 446. The number of nitrogens with two attached hydrogens (primary N) is 1. The van der Waals surface area contributed by atoms with Gasteiger partial charge < -0.3 is 10.5 Å². The number of halogens is 1. The molecule has 0 bridgehead atoms. The molecule has 0 fully saturated rings. The Kier molecular flexibility index (Phi) is 4.80. The predicted molar refractivity (Wildman–Crippen MR) is 81.0 cm³/mol. The maximum absolute atomic E-state index is 12.1. The molecule has 0 radical (unpaired) electrons. The highest BCUT2D eigenvalue weighted by atomic mass is 79.9. The first-order valence-electron chi connectivity index (χ1n) is 6.28. The molecule has 3 nitrogen and oxygen atoms in total. The van der Waals surface area contributed by atoms with Crippen LogP contribution in [0.2, 0.25) is 0 Å². The molecule has 0 saturated carbocycles. The molecule has 106 valence electrons. The fourth-order valence-electron chi connectivity index (χ4n) is 1.72. The predicted octanol–water partition coefficient (Wildman–Crippen LogP) is 3.40. The summed E-state index contributed by atoms with van der Waals surface area (Å²) in [5.41, 5.74) is 6.09. The van der Waals surface area contributed by atoms with Crippen LogP contribution in [0.3, 0.4) is 0 Å². The summed E-state index contributed by atoms with van der Waals surface area (Å²) in [5.74, 6) is -0.375. The highest BCUT2D eigenvalue weighted by Gasteiger charge is 2.36. The molecule has 19 heavy (non-hydrogen) atoms. The first-order chi connectivity index (χ1) is 8.54. The van der Waals surface area contributed by atoms with Gasteiger partial charge in [-0.05, 0) is 38.5 Å². The van der Waals surface area contributed by atoms with Gasteiger partial charge in [0.05, 0.1) is 0 Å². The van der Waals surface area contributed by atoms with E-state index in [1.807, 2.05) is 58.9 Å². The van der Waals surface area contributed by atoms with Crippen LogP contribution < -0.4 is 5.73 Å². The largest absolute Gasteiger partial charge is 0.459 e. The van der Waals surface area contributed by atoms with Crippen LogP contribution >= 0.6 is 15.9 Å². The van der Waals surface area contributed by atoms with E-state index < -0.39 is 17.1 Å². The lowest BCUT2D eigenvalue weighted by atomic mass is 9.78. The van der Waals surface area contributed by atoms with Crippen LogP contribution in [-0.2, 0) is 14.9 Å². The third kappa shape index (κ3) is 4.32. The minimum atomic E-state index is -0.701. The minimum absolute atomic E-state index is 0.375. The fourth-order valence-corrected chi connectivity index (χ4v) is 1.98. The number of hydrogen-bond donors (Lipinski definition) is 1. The van der Waals surface area contributed by atoms with Crippen molar-refractivity contribution in [2.45, 2.75) is 51.7 Å². The first kappa shape index (κ1) is 16.2. The average Bonchev–Trinajstić information content (AvgIpc) is 2.26. The molecule has 2 N–H and O–H groups in total. The molecule has 0 saturated heterocycles. The molecule has 0 spiro atoms. The van der Waals surface area contributed by atoms with Crippen molar-refractivity contribution in [2.75, 3.05) is 0 Å². The van der Waals surface area contributed by atoms with E-state index >= 15 is 0 Å². The van der Waals surface area contributed by atoms with Gasteiger partial charge in [-0.15, -0.1) is 0 Å². The van der Waals surface area contributed by atoms with E-state index in [0.29, 0.717) is 0 Å².